The molecule has 2 N–H and O–H groups in total. The molecule has 0 atom stereocenters. The van der Waals surface area contributed by atoms with Crippen molar-refractivity contribution in [3.05, 3.63) is 16.0 Å². The summed E-state index contributed by atoms with van der Waals surface area (Å²) in [4.78, 5) is 9.94. The lowest BCUT2D eigenvalue weighted by Crippen LogP contribution is -2.30. The average molecular weight is 238 g/mol. The minimum atomic E-state index is 0.587. The Hall–Kier alpha value is -0.940. The van der Waals surface area contributed by atoms with Crippen molar-refractivity contribution in [2.24, 2.45) is 0 Å². The first-order valence-corrected chi connectivity index (χ1v) is 6.24. The van der Waals surface area contributed by atoms with E-state index in [1.807, 2.05) is 0 Å². The molecule has 0 aliphatic carbocycles. The van der Waals surface area contributed by atoms with Crippen LogP contribution in [0.25, 0.3) is 0 Å². The monoisotopic (exact) mass is 238 g/mol. The van der Waals surface area contributed by atoms with E-state index in [-0.39, 0.29) is 0 Å². The SMILES string of the molecule is CCN(CC)c1nc(=S)[nH]c2c1CCNC2. The number of aromatic amines is 1. The van der Waals surface area contributed by atoms with E-state index in [1.54, 1.807) is 0 Å². The van der Waals surface area contributed by atoms with Gasteiger partial charge < -0.3 is 15.2 Å². The maximum absolute atomic E-state index is 5.18. The Kier molecular flexibility index (Phi) is 3.56. The number of fused-ring (bicyclic) bond motifs is 1. The topological polar surface area (TPSA) is 44.0 Å². The summed E-state index contributed by atoms with van der Waals surface area (Å²) in [7, 11) is 0. The van der Waals surface area contributed by atoms with E-state index in [0.29, 0.717) is 4.77 Å². The van der Waals surface area contributed by atoms with Crippen LogP contribution in [0.3, 0.4) is 0 Å². The van der Waals surface area contributed by atoms with E-state index < -0.39 is 0 Å². The zero-order valence-corrected chi connectivity index (χ0v) is 10.7. The summed E-state index contributed by atoms with van der Waals surface area (Å²) >= 11 is 5.18. The van der Waals surface area contributed by atoms with Gasteiger partial charge in [0.15, 0.2) is 4.77 Å². The molecule has 0 bridgehead atoms. The van der Waals surface area contributed by atoms with Crippen molar-refractivity contribution in [1.29, 1.82) is 0 Å². The maximum Gasteiger partial charge on any atom is 0.199 e. The molecule has 0 fully saturated rings. The number of rotatable bonds is 3. The summed E-state index contributed by atoms with van der Waals surface area (Å²) in [6.07, 6.45) is 1.03. The van der Waals surface area contributed by atoms with Gasteiger partial charge in [0.25, 0.3) is 0 Å². The molecule has 1 aliphatic rings. The number of nitrogens with one attached hydrogen (secondary N) is 2. The van der Waals surface area contributed by atoms with Gasteiger partial charge in [0.1, 0.15) is 5.82 Å². The van der Waals surface area contributed by atoms with Crippen LogP contribution in [0.15, 0.2) is 0 Å². The quantitative estimate of drug-likeness (QED) is 0.786. The number of hydrogen-bond donors (Lipinski definition) is 2. The molecule has 2 heterocycles. The molecule has 0 radical (unpaired) electrons. The second-order valence-electron chi connectivity index (χ2n) is 3.92. The molecule has 0 amide bonds. The number of anilines is 1. The standard InChI is InChI=1S/C11H18N4S/c1-3-15(4-2)10-8-5-6-12-7-9(8)13-11(16)14-10/h12H,3-7H2,1-2H3,(H,13,14,16). The van der Waals surface area contributed by atoms with Crippen molar-refractivity contribution in [1.82, 2.24) is 15.3 Å². The van der Waals surface area contributed by atoms with Crippen LogP contribution in [0.4, 0.5) is 5.82 Å². The van der Waals surface area contributed by atoms with Crippen molar-refractivity contribution < 1.29 is 0 Å². The molecule has 16 heavy (non-hydrogen) atoms. The highest BCUT2D eigenvalue weighted by molar-refractivity contribution is 7.71. The molecule has 5 heteroatoms. The van der Waals surface area contributed by atoms with E-state index in [9.17, 15) is 0 Å². The lowest BCUT2D eigenvalue weighted by atomic mass is 10.1. The zero-order valence-electron chi connectivity index (χ0n) is 9.84. The Morgan fingerprint density at radius 1 is 1.38 bits per heavy atom. The Labute approximate surface area is 101 Å². The Morgan fingerprint density at radius 2 is 2.12 bits per heavy atom. The average Bonchev–Trinajstić information content (AvgIpc) is 2.30. The summed E-state index contributed by atoms with van der Waals surface area (Å²) in [6.45, 7) is 8.14. The first kappa shape index (κ1) is 11.5. The van der Waals surface area contributed by atoms with Crippen molar-refractivity contribution >= 4 is 18.0 Å². The largest absolute Gasteiger partial charge is 0.357 e. The Balaban J connectivity index is 2.50. The van der Waals surface area contributed by atoms with Gasteiger partial charge in [-0.15, -0.1) is 0 Å². The van der Waals surface area contributed by atoms with Gasteiger partial charge in [-0.25, -0.2) is 4.98 Å². The minimum absolute atomic E-state index is 0.587. The molecule has 2 rings (SSSR count). The predicted octanol–water partition coefficient (Wildman–Crippen LogP) is 1.63. The number of H-pyrrole nitrogens is 1. The van der Waals surface area contributed by atoms with Crippen LogP contribution in [0.5, 0.6) is 0 Å². The second-order valence-corrected chi connectivity index (χ2v) is 4.31. The molecular formula is C11H18N4S. The number of aromatic nitrogens is 2. The number of nitrogens with zero attached hydrogens (tertiary/aromatic N) is 2. The van der Waals surface area contributed by atoms with E-state index in [4.69, 9.17) is 12.2 Å². The molecule has 0 unspecified atom stereocenters. The van der Waals surface area contributed by atoms with Gasteiger partial charge >= 0.3 is 0 Å². The van der Waals surface area contributed by atoms with Crippen LogP contribution in [0, 0.1) is 4.77 Å². The summed E-state index contributed by atoms with van der Waals surface area (Å²) in [6, 6.07) is 0. The molecule has 0 saturated carbocycles. The van der Waals surface area contributed by atoms with E-state index in [0.717, 1.165) is 38.4 Å². The van der Waals surface area contributed by atoms with Gasteiger partial charge in [0.05, 0.1) is 0 Å². The van der Waals surface area contributed by atoms with Crippen LogP contribution in [-0.2, 0) is 13.0 Å². The van der Waals surface area contributed by atoms with Gasteiger partial charge in [-0.3, -0.25) is 0 Å². The van der Waals surface area contributed by atoms with Gasteiger partial charge in [0.2, 0.25) is 0 Å². The van der Waals surface area contributed by atoms with E-state index >= 15 is 0 Å². The van der Waals surface area contributed by atoms with Gasteiger partial charge in [0, 0.05) is 30.9 Å². The van der Waals surface area contributed by atoms with Gasteiger partial charge in [-0.2, -0.15) is 0 Å². The van der Waals surface area contributed by atoms with Crippen LogP contribution in [-0.4, -0.2) is 29.6 Å². The first-order valence-electron chi connectivity index (χ1n) is 5.84. The van der Waals surface area contributed by atoms with Crippen LogP contribution in [0.2, 0.25) is 0 Å². The highest BCUT2D eigenvalue weighted by Crippen LogP contribution is 2.22. The lowest BCUT2D eigenvalue weighted by molar-refractivity contribution is 0.618. The van der Waals surface area contributed by atoms with Gasteiger partial charge in [-0.05, 0) is 39.0 Å². The molecule has 0 spiro atoms. The molecule has 88 valence electrons. The predicted molar refractivity (Wildman–Crippen MR) is 68.4 cm³/mol. The molecular weight excluding hydrogens is 220 g/mol. The zero-order chi connectivity index (χ0) is 11.5. The van der Waals surface area contributed by atoms with E-state index in [1.165, 1.54) is 11.3 Å². The normalized spacial score (nSPS) is 14.6. The van der Waals surface area contributed by atoms with E-state index in [2.05, 4.69) is 34.0 Å². The van der Waals surface area contributed by atoms with Crippen molar-refractivity contribution in [3.63, 3.8) is 0 Å². The van der Waals surface area contributed by atoms with Crippen molar-refractivity contribution in [2.45, 2.75) is 26.8 Å². The highest BCUT2D eigenvalue weighted by Gasteiger charge is 2.17. The summed E-state index contributed by atoms with van der Waals surface area (Å²) < 4.78 is 0.587. The summed E-state index contributed by atoms with van der Waals surface area (Å²) in [5.74, 6) is 1.07. The molecule has 1 aromatic heterocycles. The molecule has 0 saturated heterocycles. The van der Waals surface area contributed by atoms with Gasteiger partial charge in [-0.1, -0.05) is 0 Å². The summed E-state index contributed by atoms with van der Waals surface area (Å²) in [5, 5.41) is 3.35. The van der Waals surface area contributed by atoms with Crippen LogP contribution < -0.4 is 10.2 Å². The maximum atomic E-state index is 5.18. The van der Waals surface area contributed by atoms with Crippen molar-refractivity contribution in [2.75, 3.05) is 24.5 Å². The third kappa shape index (κ3) is 2.10. The minimum Gasteiger partial charge on any atom is -0.357 e. The Bertz CT molecular complexity index is 422. The second kappa shape index (κ2) is 4.93. The smallest absolute Gasteiger partial charge is 0.199 e. The van der Waals surface area contributed by atoms with Crippen molar-refractivity contribution in [3.8, 4) is 0 Å². The van der Waals surface area contributed by atoms with Crippen LogP contribution in [0.1, 0.15) is 25.1 Å². The highest BCUT2D eigenvalue weighted by atomic mass is 32.1. The molecule has 1 aliphatic heterocycles. The van der Waals surface area contributed by atoms with Crippen LogP contribution >= 0.6 is 12.2 Å². The number of hydrogen-bond acceptors (Lipinski definition) is 4. The fourth-order valence-corrected chi connectivity index (χ4v) is 2.37. The Morgan fingerprint density at radius 3 is 2.81 bits per heavy atom. The molecule has 4 nitrogen and oxygen atoms in total. The molecule has 1 aromatic rings. The fourth-order valence-electron chi connectivity index (χ4n) is 2.16. The lowest BCUT2D eigenvalue weighted by Gasteiger charge is -2.26. The fraction of sp³-hybridized carbons (Fsp3) is 0.636. The summed E-state index contributed by atoms with van der Waals surface area (Å²) in [5.41, 5.74) is 2.53. The first-order chi connectivity index (χ1) is 7.76. The third-order valence-electron chi connectivity index (χ3n) is 3.02. The third-order valence-corrected chi connectivity index (χ3v) is 3.21. The molecule has 0 aromatic carbocycles.